The van der Waals surface area contributed by atoms with Crippen LogP contribution in [0.1, 0.15) is 52.7 Å². The first-order valence-electron chi connectivity index (χ1n) is 11.0. The van der Waals surface area contributed by atoms with Crippen molar-refractivity contribution < 1.29 is 19.1 Å². The molecule has 0 heterocycles. The standard InChI is InChI=1S/C26H36N2O4/c1-25(2,3)31-23(29)27(19-17-21-13-9-7-10-14-21)28(24(30)32-26(4,5)6)20-18-22-15-11-8-12-16-22/h7-16H,17-20H2,1-6H3. The minimum absolute atomic E-state index is 0.285. The van der Waals surface area contributed by atoms with Crippen LogP contribution in [0.15, 0.2) is 60.7 Å². The summed E-state index contributed by atoms with van der Waals surface area (Å²) in [6, 6.07) is 19.7. The molecule has 0 saturated carbocycles. The van der Waals surface area contributed by atoms with Gasteiger partial charge in [0.25, 0.3) is 0 Å². The lowest BCUT2D eigenvalue weighted by atomic mass is 10.1. The third-order valence-electron chi connectivity index (χ3n) is 4.41. The fourth-order valence-electron chi connectivity index (χ4n) is 3.01. The molecule has 2 amide bonds. The molecule has 0 radical (unpaired) electrons. The average molecular weight is 441 g/mol. The Labute approximate surface area is 192 Å². The molecule has 0 saturated heterocycles. The first-order chi connectivity index (χ1) is 14.9. The Bertz CT molecular complexity index is 781. The molecule has 0 spiro atoms. The molecule has 0 aliphatic heterocycles. The van der Waals surface area contributed by atoms with Crippen LogP contribution in [-0.2, 0) is 22.3 Å². The van der Waals surface area contributed by atoms with Crippen molar-refractivity contribution >= 4 is 12.2 Å². The predicted molar refractivity (Wildman–Crippen MR) is 126 cm³/mol. The summed E-state index contributed by atoms with van der Waals surface area (Å²) in [5, 5.41) is 2.74. The summed E-state index contributed by atoms with van der Waals surface area (Å²) >= 11 is 0. The van der Waals surface area contributed by atoms with E-state index in [-0.39, 0.29) is 13.1 Å². The third kappa shape index (κ3) is 9.00. The van der Waals surface area contributed by atoms with Gasteiger partial charge in [-0.3, -0.25) is 0 Å². The van der Waals surface area contributed by atoms with Crippen LogP contribution in [0, 0.1) is 0 Å². The number of amides is 2. The van der Waals surface area contributed by atoms with Crippen molar-refractivity contribution in [3.63, 3.8) is 0 Å². The normalized spacial score (nSPS) is 11.6. The lowest BCUT2D eigenvalue weighted by Gasteiger charge is -2.36. The zero-order chi connectivity index (χ0) is 23.8. The van der Waals surface area contributed by atoms with E-state index in [1.165, 1.54) is 10.0 Å². The minimum atomic E-state index is -0.693. The van der Waals surface area contributed by atoms with Gasteiger partial charge in [0.2, 0.25) is 0 Å². The highest BCUT2D eigenvalue weighted by molar-refractivity contribution is 5.74. The molecule has 0 unspecified atom stereocenters. The molecule has 0 bridgehead atoms. The largest absolute Gasteiger partial charge is 0.442 e. The lowest BCUT2D eigenvalue weighted by molar-refractivity contribution is -0.0620. The number of carbonyl (C=O) groups excluding carboxylic acids is 2. The maximum Gasteiger partial charge on any atom is 0.429 e. The van der Waals surface area contributed by atoms with Gasteiger partial charge in [0, 0.05) is 0 Å². The summed E-state index contributed by atoms with van der Waals surface area (Å²) in [5.41, 5.74) is 0.740. The van der Waals surface area contributed by atoms with E-state index < -0.39 is 23.4 Å². The maximum atomic E-state index is 13.2. The van der Waals surface area contributed by atoms with Gasteiger partial charge in [0.1, 0.15) is 11.2 Å². The number of benzene rings is 2. The molecular formula is C26H36N2O4. The molecular weight excluding hydrogens is 404 g/mol. The minimum Gasteiger partial charge on any atom is -0.442 e. The van der Waals surface area contributed by atoms with E-state index in [1.54, 1.807) is 0 Å². The number of hydrogen-bond acceptors (Lipinski definition) is 4. The molecule has 32 heavy (non-hydrogen) atoms. The summed E-state index contributed by atoms with van der Waals surface area (Å²) in [7, 11) is 0. The molecule has 0 aliphatic rings. The van der Waals surface area contributed by atoms with Gasteiger partial charge in [-0.25, -0.2) is 19.6 Å². The van der Waals surface area contributed by atoms with Crippen LogP contribution in [0.4, 0.5) is 9.59 Å². The van der Waals surface area contributed by atoms with Gasteiger partial charge in [0.05, 0.1) is 13.1 Å². The number of carbonyl (C=O) groups is 2. The second-order valence-corrected chi connectivity index (χ2v) is 9.68. The number of nitrogens with zero attached hydrogens (tertiary/aromatic N) is 2. The van der Waals surface area contributed by atoms with E-state index in [0.29, 0.717) is 12.8 Å². The van der Waals surface area contributed by atoms with Crippen molar-refractivity contribution in [3.05, 3.63) is 71.8 Å². The number of hydrogen-bond donors (Lipinski definition) is 0. The van der Waals surface area contributed by atoms with Crippen molar-refractivity contribution in [1.82, 2.24) is 10.0 Å². The molecule has 0 N–H and O–H groups in total. The molecule has 174 valence electrons. The topological polar surface area (TPSA) is 59.1 Å². The highest BCUT2D eigenvalue weighted by Crippen LogP contribution is 2.17. The van der Waals surface area contributed by atoms with Crippen molar-refractivity contribution in [3.8, 4) is 0 Å². The lowest BCUT2D eigenvalue weighted by Crippen LogP contribution is -2.54. The maximum absolute atomic E-state index is 13.2. The quantitative estimate of drug-likeness (QED) is 0.528. The summed E-state index contributed by atoms with van der Waals surface area (Å²) in [5.74, 6) is 0. The third-order valence-corrected chi connectivity index (χ3v) is 4.41. The Hall–Kier alpha value is -3.02. The molecule has 0 aromatic heterocycles. The van der Waals surface area contributed by atoms with E-state index in [9.17, 15) is 9.59 Å². The summed E-state index contributed by atoms with van der Waals surface area (Å²) in [6.07, 6.45) is -0.00480. The Morgan fingerprint density at radius 2 is 0.938 bits per heavy atom. The highest BCUT2D eigenvalue weighted by atomic mass is 16.6. The first kappa shape index (κ1) is 25.2. The molecule has 2 aromatic rings. The second kappa shape index (κ2) is 11.0. The Balaban J connectivity index is 2.30. The van der Waals surface area contributed by atoms with Crippen LogP contribution in [-0.4, -0.2) is 46.5 Å². The average Bonchev–Trinajstić information content (AvgIpc) is 2.69. The molecule has 6 nitrogen and oxygen atoms in total. The van der Waals surface area contributed by atoms with Crippen molar-refractivity contribution in [1.29, 1.82) is 0 Å². The fourth-order valence-corrected chi connectivity index (χ4v) is 3.01. The molecule has 0 aliphatic carbocycles. The van der Waals surface area contributed by atoms with Crippen molar-refractivity contribution in [2.24, 2.45) is 0 Å². The summed E-state index contributed by atoms with van der Waals surface area (Å²) < 4.78 is 11.3. The molecule has 0 fully saturated rings. The van der Waals surface area contributed by atoms with Crippen LogP contribution in [0.3, 0.4) is 0 Å². The van der Waals surface area contributed by atoms with Crippen LogP contribution in [0.2, 0.25) is 0 Å². The van der Waals surface area contributed by atoms with E-state index >= 15 is 0 Å². The zero-order valence-corrected chi connectivity index (χ0v) is 20.1. The summed E-state index contributed by atoms with van der Waals surface area (Å²) in [4.78, 5) is 26.3. The number of hydrazine groups is 1. The smallest absolute Gasteiger partial charge is 0.429 e. The number of rotatable bonds is 6. The fraction of sp³-hybridized carbons (Fsp3) is 0.462. The van der Waals surface area contributed by atoms with Gasteiger partial charge < -0.3 is 9.47 Å². The van der Waals surface area contributed by atoms with Gasteiger partial charge >= 0.3 is 12.2 Å². The number of ether oxygens (including phenoxy) is 2. The first-order valence-corrected chi connectivity index (χ1v) is 11.0. The van der Waals surface area contributed by atoms with Gasteiger partial charge in [-0.2, -0.15) is 0 Å². The van der Waals surface area contributed by atoms with Crippen molar-refractivity contribution in [2.75, 3.05) is 13.1 Å². The van der Waals surface area contributed by atoms with Gasteiger partial charge in [-0.1, -0.05) is 60.7 Å². The zero-order valence-electron chi connectivity index (χ0n) is 20.1. The molecule has 2 rings (SSSR count). The highest BCUT2D eigenvalue weighted by Gasteiger charge is 2.32. The van der Waals surface area contributed by atoms with Gasteiger partial charge in [0.15, 0.2) is 0 Å². The molecule has 0 atom stereocenters. The van der Waals surface area contributed by atoms with E-state index in [1.807, 2.05) is 102 Å². The molecule has 2 aromatic carbocycles. The molecule has 6 heteroatoms. The van der Waals surface area contributed by atoms with Crippen LogP contribution in [0.5, 0.6) is 0 Å². The predicted octanol–water partition coefficient (Wildman–Crippen LogP) is 5.86. The Morgan fingerprint density at radius 1 is 0.625 bits per heavy atom. The van der Waals surface area contributed by atoms with E-state index in [0.717, 1.165) is 11.1 Å². The SMILES string of the molecule is CC(C)(C)OC(=O)N(CCc1ccccc1)N(CCc1ccccc1)C(=O)OC(C)(C)C. The summed E-state index contributed by atoms with van der Waals surface area (Å²) in [6.45, 7) is 11.4. The monoisotopic (exact) mass is 440 g/mol. The second-order valence-electron chi connectivity index (χ2n) is 9.68. The van der Waals surface area contributed by atoms with Crippen LogP contribution >= 0.6 is 0 Å². The van der Waals surface area contributed by atoms with Crippen LogP contribution < -0.4 is 0 Å². The van der Waals surface area contributed by atoms with E-state index in [2.05, 4.69) is 0 Å². The van der Waals surface area contributed by atoms with Gasteiger partial charge in [-0.15, -0.1) is 0 Å². The van der Waals surface area contributed by atoms with Crippen LogP contribution in [0.25, 0.3) is 0 Å². The Kier molecular flexibility index (Phi) is 8.70. The van der Waals surface area contributed by atoms with Gasteiger partial charge in [-0.05, 0) is 65.5 Å². The van der Waals surface area contributed by atoms with Crippen molar-refractivity contribution in [2.45, 2.75) is 65.6 Å². The van der Waals surface area contributed by atoms with E-state index in [4.69, 9.17) is 9.47 Å². The Morgan fingerprint density at radius 3 is 1.22 bits per heavy atom.